The molecule has 3 rings (SSSR count). The van der Waals surface area contributed by atoms with E-state index in [1.165, 1.54) is 0 Å². The van der Waals surface area contributed by atoms with E-state index < -0.39 is 0 Å². The minimum Gasteiger partial charge on any atom is -0.486 e. The standard InChI is InChI=1S/C14H17ClO3/c1-8(14-9(2)18-14)5-10-6-12-13(7-11(10)15)17-4-3-16-12/h6-9,14H,3-5H2,1-2H3. The fraction of sp³-hybridized carbons (Fsp3) is 0.571. The van der Waals surface area contributed by atoms with Gasteiger partial charge in [0.15, 0.2) is 11.5 Å². The Morgan fingerprint density at radius 1 is 1.28 bits per heavy atom. The topological polar surface area (TPSA) is 31.0 Å². The molecule has 0 radical (unpaired) electrons. The number of ether oxygens (including phenoxy) is 3. The first kappa shape index (κ1) is 12.1. The Kier molecular flexibility index (Phi) is 3.12. The minimum absolute atomic E-state index is 0.370. The summed E-state index contributed by atoms with van der Waals surface area (Å²) in [6.45, 7) is 5.49. The Balaban J connectivity index is 1.79. The number of rotatable bonds is 3. The van der Waals surface area contributed by atoms with Crippen molar-refractivity contribution < 1.29 is 14.2 Å². The van der Waals surface area contributed by atoms with Crippen LogP contribution in [0.5, 0.6) is 11.5 Å². The van der Waals surface area contributed by atoms with Crippen molar-refractivity contribution in [3.63, 3.8) is 0 Å². The zero-order valence-corrected chi connectivity index (χ0v) is 11.4. The van der Waals surface area contributed by atoms with E-state index in [2.05, 4.69) is 13.8 Å². The van der Waals surface area contributed by atoms with Crippen LogP contribution in [0, 0.1) is 5.92 Å². The summed E-state index contributed by atoms with van der Waals surface area (Å²) in [5.41, 5.74) is 1.11. The molecule has 3 nitrogen and oxygen atoms in total. The maximum Gasteiger partial charge on any atom is 0.162 e. The molecular weight excluding hydrogens is 252 g/mol. The summed E-state index contributed by atoms with van der Waals surface area (Å²) in [5.74, 6) is 2.02. The third kappa shape index (κ3) is 2.29. The Morgan fingerprint density at radius 3 is 2.50 bits per heavy atom. The molecule has 1 fully saturated rings. The van der Waals surface area contributed by atoms with E-state index in [1.54, 1.807) is 0 Å². The molecule has 2 aliphatic rings. The Morgan fingerprint density at radius 2 is 1.89 bits per heavy atom. The third-order valence-corrected chi connectivity index (χ3v) is 3.92. The van der Waals surface area contributed by atoms with Crippen LogP contribution >= 0.6 is 11.6 Å². The van der Waals surface area contributed by atoms with Crippen molar-refractivity contribution in [2.24, 2.45) is 5.92 Å². The second kappa shape index (κ2) is 4.63. The average Bonchev–Trinajstić information content (AvgIpc) is 3.07. The highest BCUT2D eigenvalue weighted by Crippen LogP contribution is 2.38. The molecule has 18 heavy (non-hydrogen) atoms. The van der Waals surface area contributed by atoms with Crippen LogP contribution in [0.15, 0.2) is 12.1 Å². The molecular formula is C14H17ClO3. The summed E-state index contributed by atoms with van der Waals surface area (Å²) in [7, 11) is 0. The van der Waals surface area contributed by atoms with Gasteiger partial charge < -0.3 is 14.2 Å². The lowest BCUT2D eigenvalue weighted by Gasteiger charge is -2.20. The Bertz CT molecular complexity index is 461. The highest BCUT2D eigenvalue weighted by atomic mass is 35.5. The molecule has 1 saturated heterocycles. The van der Waals surface area contributed by atoms with Gasteiger partial charge >= 0.3 is 0 Å². The van der Waals surface area contributed by atoms with Crippen LogP contribution in [0.3, 0.4) is 0 Å². The average molecular weight is 269 g/mol. The molecule has 3 atom stereocenters. The summed E-state index contributed by atoms with van der Waals surface area (Å²) >= 11 is 6.29. The second-order valence-corrected chi connectivity index (χ2v) is 5.48. The van der Waals surface area contributed by atoms with Crippen LogP contribution in [0.1, 0.15) is 19.4 Å². The molecule has 3 unspecified atom stereocenters. The fourth-order valence-electron chi connectivity index (χ4n) is 2.52. The van der Waals surface area contributed by atoms with Gasteiger partial charge in [0.25, 0.3) is 0 Å². The van der Waals surface area contributed by atoms with Crippen LogP contribution in [-0.4, -0.2) is 25.4 Å². The summed E-state index contributed by atoms with van der Waals surface area (Å²) < 4.78 is 16.6. The highest BCUT2D eigenvalue weighted by molar-refractivity contribution is 6.31. The Labute approximate surface area is 112 Å². The molecule has 2 aliphatic heterocycles. The monoisotopic (exact) mass is 268 g/mol. The van der Waals surface area contributed by atoms with Crippen LogP contribution in [0.25, 0.3) is 0 Å². The van der Waals surface area contributed by atoms with Gasteiger partial charge in [0.05, 0.1) is 12.2 Å². The van der Waals surface area contributed by atoms with Crippen molar-refractivity contribution in [3.05, 3.63) is 22.7 Å². The third-order valence-electron chi connectivity index (χ3n) is 3.57. The van der Waals surface area contributed by atoms with Crippen molar-refractivity contribution in [1.82, 2.24) is 0 Å². The number of hydrogen-bond donors (Lipinski definition) is 0. The van der Waals surface area contributed by atoms with E-state index in [0.717, 1.165) is 28.5 Å². The first-order chi connectivity index (χ1) is 8.65. The van der Waals surface area contributed by atoms with Crippen LogP contribution in [0.4, 0.5) is 0 Å². The Hall–Kier alpha value is -0.930. The molecule has 0 aliphatic carbocycles. The van der Waals surface area contributed by atoms with Crippen LogP contribution in [0.2, 0.25) is 5.02 Å². The number of benzene rings is 1. The van der Waals surface area contributed by atoms with Gasteiger partial charge in [0, 0.05) is 11.1 Å². The molecule has 98 valence electrons. The van der Waals surface area contributed by atoms with E-state index in [4.69, 9.17) is 25.8 Å². The second-order valence-electron chi connectivity index (χ2n) is 5.07. The minimum atomic E-state index is 0.370. The molecule has 0 N–H and O–H groups in total. The quantitative estimate of drug-likeness (QED) is 0.790. The predicted octanol–water partition coefficient (Wildman–Crippen LogP) is 3.08. The van der Waals surface area contributed by atoms with Crippen molar-refractivity contribution >= 4 is 11.6 Å². The summed E-state index contributed by atoms with van der Waals surface area (Å²) in [6, 6.07) is 3.86. The van der Waals surface area contributed by atoms with Gasteiger partial charge in [0.2, 0.25) is 0 Å². The normalized spacial score (nSPS) is 26.8. The number of halogens is 1. The molecule has 0 saturated carbocycles. The number of hydrogen-bond acceptors (Lipinski definition) is 3. The first-order valence-corrected chi connectivity index (χ1v) is 6.76. The van der Waals surface area contributed by atoms with E-state index in [0.29, 0.717) is 31.3 Å². The van der Waals surface area contributed by atoms with E-state index in [1.807, 2.05) is 12.1 Å². The summed E-state index contributed by atoms with van der Waals surface area (Å²) in [6.07, 6.45) is 1.66. The molecule has 2 heterocycles. The van der Waals surface area contributed by atoms with Crippen LogP contribution < -0.4 is 9.47 Å². The zero-order valence-electron chi connectivity index (χ0n) is 10.6. The van der Waals surface area contributed by atoms with Crippen molar-refractivity contribution in [3.8, 4) is 11.5 Å². The maximum absolute atomic E-state index is 6.29. The van der Waals surface area contributed by atoms with E-state index in [-0.39, 0.29) is 0 Å². The molecule has 0 spiro atoms. The molecule has 0 amide bonds. The first-order valence-electron chi connectivity index (χ1n) is 6.38. The van der Waals surface area contributed by atoms with Crippen molar-refractivity contribution in [1.29, 1.82) is 0 Å². The molecule has 4 heteroatoms. The lowest BCUT2D eigenvalue weighted by Crippen LogP contribution is -2.16. The maximum atomic E-state index is 6.29. The smallest absolute Gasteiger partial charge is 0.162 e. The number of epoxide rings is 1. The summed E-state index contributed by atoms with van der Waals surface area (Å²) in [5, 5.41) is 0.749. The lowest BCUT2D eigenvalue weighted by atomic mass is 9.96. The highest BCUT2D eigenvalue weighted by Gasteiger charge is 2.39. The SMILES string of the molecule is CC(Cc1cc2c(cc1Cl)OCCO2)C1OC1C. The zero-order chi connectivity index (χ0) is 12.7. The number of fused-ring (bicyclic) bond motifs is 1. The largest absolute Gasteiger partial charge is 0.486 e. The summed E-state index contributed by atoms with van der Waals surface area (Å²) in [4.78, 5) is 0. The molecule has 1 aromatic carbocycles. The van der Waals surface area contributed by atoms with Gasteiger partial charge in [-0.15, -0.1) is 0 Å². The lowest BCUT2D eigenvalue weighted by molar-refractivity contribution is 0.171. The van der Waals surface area contributed by atoms with Gasteiger partial charge in [-0.05, 0) is 30.9 Å². The van der Waals surface area contributed by atoms with Crippen LogP contribution in [-0.2, 0) is 11.2 Å². The van der Waals surface area contributed by atoms with Gasteiger partial charge in [-0.1, -0.05) is 18.5 Å². The fourth-order valence-corrected chi connectivity index (χ4v) is 2.76. The molecule has 0 aromatic heterocycles. The van der Waals surface area contributed by atoms with E-state index >= 15 is 0 Å². The van der Waals surface area contributed by atoms with Gasteiger partial charge in [-0.3, -0.25) is 0 Å². The van der Waals surface area contributed by atoms with Gasteiger partial charge in [-0.25, -0.2) is 0 Å². The van der Waals surface area contributed by atoms with Gasteiger partial charge in [0.1, 0.15) is 13.2 Å². The van der Waals surface area contributed by atoms with Gasteiger partial charge in [-0.2, -0.15) is 0 Å². The van der Waals surface area contributed by atoms with Crippen molar-refractivity contribution in [2.75, 3.05) is 13.2 Å². The van der Waals surface area contributed by atoms with E-state index in [9.17, 15) is 0 Å². The molecule has 0 bridgehead atoms. The van der Waals surface area contributed by atoms with Crippen molar-refractivity contribution in [2.45, 2.75) is 32.5 Å². The predicted molar refractivity (Wildman–Crippen MR) is 69.6 cm³/mol. The molecule has 1 aromatic rings.